The Bertz CT molecular complexity index is 861. The summed E-state index contributed by atoms with van der Waals surface area (Å²) in [5.74, 6) is -1.69. The molecule has 0 bridgehead atoms. The van der Waals surface area contributed by atoms with Gasteiger partial charge in [-0.05, 0) is 48.6 Å². The van der Waals surface area contributed by atoms with Crippen LogP contribution in [0.5, 0.6) is 5.75 Å². The van der Waals surface area contributed by atoms with Crippen LogP contribution in [0.2, 0.25) is 0 Å². The largest absolute Gasteiger partial charge is 0.508 e. The zero-order valence-electron chi connectivity index (χ0n) is 15.9. The Morgan fingerprint density at radius 3 is 2.34 bits per heavy atom. The lowest BCUT2D eigenvalue weighted by molar-refractivity contribution is -0.131. The van der Waals surface area contributed by atoms with Gasteiger partial charge in [0.25, 0.3) is 5.91 Å². The predicted octanol–water partition coefficient (Wildman–Crippen LogP) is 4.06. The molecule has 7 nitrogen and oxygen atoms in total. The molecular weight excluding hydrogens is 374 g/mol. The quantitative estimate of drug-likeness (QED) is 0.579. The average molecular weight is 397 g/mol. The first-order valence-electron chi connectivity index (χ1n) is 9.12. The molecule has 0 aromatic heterocycles. The average Bonchev–Trinajstić information content (AvgIpc) is 2.70. The van der Waals surface area contributed by atoms with E-state index in [9.17, 15) is 19.5 Å². The Hall–Kier alpha value is -3.61. The Balaban J connectivity index is 2.07. The number of carbonyl (C=O) groups excluding carboxylic acids is 2. The minimum absolute atomic E-state index is 0.0771. The number of carbonyl (C=O) groups is 3. The number of rotatable bonds is 8. The van der Waals surface area contributed by atoms with Gasteiger partial charge in [0, 0.05) is 11.6 Å². The fraction of sp³-hybridized carbons (Fsp3) is 0.227. The number of ether oxygens (including phenoxy) is 1. The van der Waals surface area contributed by atoms with E-state index < -0.39 is 24.1 Å². The first kappa shape index (κ1) is 21.7. The standard InChI is InChI=1S/C22H23NO6/c1-15(7-5-6-10-19(25)26)20(16-11-13-18(24)14-12-16)29-22(28)23-21(27)17-8-3-2-4-9-17/h2-4,6,8-15,20,24H,5,7H2,1H3,(H,25,26)(H,23,27,28)/b10-6+/t15-,20-/m1/s1. The van der Waals surface area contributed by atoms with E-state index >= 15 is 0 Å². The van der Waals surface area contributed by atoms with Crippen LogP contribution in [0.1, 0.15) is 41.8 Å². The van der Waals surface area contributed by atoms with Crippen molar-refractivity contribution in [3.8, 4) is 5.75 Å². The topological polar surface area (TPSA) is 113 Å². The molecule has 0 heterocycles. The molecule has 0 unspecified atom stereocenters. The summed E-state index contributed by atoms with van der Waals surface area (Å²) in [5.41, 5.74) is 0.984. The highest BCUT2D eigenvalue weighted by molar-refractivity contribution is 6.02. The van der Waals surface area contributed by atoms with Crippen LogP contribution >= 0.6 is 0 Å². The maximum absolute atomic E-state index is 12.3. The highest BCUT2D eigenvalue weighted by Gasteiger charge is 2.24. The minimum Gasteiger partial charge on any atom is -0.508 e. The third kappa shape index (κ3) is 7.14. The highest BCUT2D eigenvalue weighted by atomic mass is 16.6. The van der Waals surface area contributed by atoms with Crippen molar-refractivity contribution in [2.24, 2.45) is 5.92 Å². The first-order valence-corrected chi connectivity index (χ1v) is 9.12. The lowest BCUT2D eigenvalue weighted by Crippen LogP contribution is -2.33. The predicted molar refractivity (Wildman–Crippen MR) is 106 cm³/mol. The van der Waals surface area contributed by atoms with E-state index in [1.54, 1.807) is 42.5 Å². The SMILES string of the molecule is C[C@H](CC/C=C/C(=O)O)[C@@H](OC(=O)NC(=O)c1ccccc1)c1ccc(O)cc1. The van der Waals surface area contributed by atoms with E-state index in [4.69, 9.17) is 9.84 Å². The molecule has 0 saturated heterocycles. The van der Waals surface area contributed by atoms with E-state index in [1.807, 2.05) is 6.92 Å². The number of hydrogen-bond donors (Lipinski definition) is 3. The summed E-state index contributed by atoms with van der Waals surface area (Å²) < 4.78 is 5.52. The van der Waals surface area contributed by atoms with Crippen LogP contribution in [0.4, 0.5) is 4.79 Å². The Labute approximate surface area is 168 Å². The van der Waals surface area contributed by atoms with Crippen molar-refractivity contribution in [2.75, 3.05) is 0 Å². The second-order valence-electron chi connectivity index (χ2n) is 6.53. The Morgan fingerprint density at radius 2 is 1.72 bits per heavy atom. The van der Waals surface area contributed by atoms with Gasteiger partial charge in [-0.15, -0.1) is 0 Å². The number of aromatic hydroxyl groups is 1. The second kappa shape index (κ2) is 10.7. The Morgan fingerprint density at radius 1 is 1.07 bits per heavy atom. The summed E-state index contributed by atoms with van der Waals surface area (Å²) in [6, 6.07) is 14.5. The number of benzene rings is 2. The molecule has 152 valence electrons. The molecule has 2 aromatic rings. The second-order valence-corrected chi connectivity index (χ2v) is 6.53. The van der Waals surface area contributed by atoms with Gasteiger partial charge in [-0.3, -0.25) is 10.1 Å². The molecule has 0 fully saturated rings. The summed E-state index contributed by atoms with van der Waals surface area (Å²) in [4.78, 5) is 35.0. The third-order valence-corrected chi connectivity index (χ3v) is 4.27. The Kier molecular flexibility index (Phi) is 7.97. The minimum atomic E-state index is -1.03. The van der Waals surface area contributed by atoms with Crippen molar-refractivity contribution in [3.63, 3.8) is 0 Å². The van der Waals surface area contributed by atoms with Crippen LogP contribution in [0.3, 0.4) is 0 Å². The molecule has 2 rings (SSSR count). The fourth-order valence-corrected chi connectivity index (χ4v) is 2.77. The highest BCUT2D eigenvalue weighted by Crippen LogP contribution is 2.30. The van der Waals surface area contributed by atoms with Crippen LogP contribution in [0.15, 0.2) is 66.7 Å². The third-order valence-electron chi connectivity index (χ3n) is 4.27. The van der Waals surface area contributed by atoms with E-state index in [0.717, 1.165) is 6.08 Å². The maximum Gasteiger partial charge on any atom is 0.414 e. The monoisotopic (exact) mass is 397 g/mol. The molecular formula is C22H23NO6. The molecule has 0 saturated carbocycles. The lowest BCUT2D eigenvalue weighted by Gasteiger charge is -2.24. The van der Waals surface area contributed by atoms with Crippen molar-refractivity contribution in [3.05, 3.63) is 77.9 Å². The summed E-state index contributed by atoms with van der Waals surface area (Å²) in [7, 11) is 0. The number of carboxylic acid groups (broad SMARTS) is 1. The molecule has 7 heteroatoms. The number of phenolic OH excluding ortho intramolecular Hbond substituents is 1. The van der Waals surface area contributed by atoms with Crippen LogP contribution in [0.25, 0.3) is 0 Å². The molecule has 0 spiro atoms. The van der Waals surface area contributed by atoms with Crippen LogP contribution < -0.4 is 5.32 Å². The van der Waals surface area contributed by atoms with Gasteiger partial charge in [0.05, 0.1) is 0 Å². The number of carboxylic acids is 1. The van der Waals surface area contributed by atoms with E-state index in [0.29, 0.717) is 24.0 Å². The van der Waals surface area contributed by atoms with Gasteiger partial charge < -0.3 is 14.9 Å². The number of amides is 2. The number of imide groups is 1. The van der Waals surface area contributed by atoms with Gasteiger partial charge in [0.15, 0.2) is 0 Å². The fourth-order valence-electron chi connectivity index (χ4n) is 2.77. The van der Waals surface area contributed by atoms with E-state index in [-0.39, 0.29) is 11.7 Å². The molecule has 2 aromatic carbocycles. The van der Waals surface area contributed by atoms with Crippen molar-refractivity contribution in [1.29, 1.82) is 0 Å². The van der Waals surface area contributed by atoms with Gasteiger partial charge >= 0.3 is 12.1 Å². The van der Waals surface area contributed by atoms with Crippen LogP contribution in [-0.2, 0) is 9.53 Å². The summed E-state index contributed by atoms with van der Waals surface area (Å²) >= 11 is 0. The zero-order valence-corrected chi connectivity index (χ0v) is 15.9. The maximum atomic E-state index is 12.3. The normalized spacial score (nSPS) is 12.9. The summed E-state index contributed by atoms with van der Waals surface area (Å²) in [5, 5.41) is 20.4. The van der Waals surface area contributed by atoms with Crippen molar-refractivity contribution in [1.82, 2.24) is 5.32 Å². The zero-order chi connectivity index (χ0) is 21.2. The molecule has 0 aliphatic carbocycles. The molecule has 0 aliphatic heterocycles. The van der Waals surface area contributed by atoms with Gasteiger partial charge in [0.2, 0.25) is 0 Å². The number of phenols is 1. The van der Waals surface area contributed by atoms with Crippen LogP contribution in [-0.4, -0.2) is 28.2 Å². The molecule has 2 atom stereocenters. The number of alkyl carbamates (subject to hydrolysis) is 1. The smallest absolute Gasteiger partial charge is 0.414 e. The number of aliphatic carboxylic acids is 1. The van der Waals surface area contributed by atoms with Gasteiger partial charge in [-0.2, -0.15) is 0 Å². The van der Waals surface area contributed by atoms with Crippen molar-refractivity contribution < 1.29 is 29.3 Å². The molecule has 3 N–H and O–H groups in total. The van der Waals surface area contributed by atoms with Gasteiger partial charge in [-0.25, -0.2) is 9.59 Å². The van der Waals surface area contributed by atoms with E-state index in [1.165, 1.54) is 18.2 Å². The summed E-state index contributed by atoms with van der Waals surface area (Å²) in [6.45, 7) is 1.86. The lowest BCUT2D eigenvalue weighted by atomic mass is 9.93. The first-order chi connectivity index (χ1) is 13.9. The van der Waals surface area contributed by atoms with Crippen molar-refractivity contribution in [2.45, 2.75) is 25.9 Å². The van der Waals surface area contributed by atoms with Crippen molar-refractivity contribution >= 4 is 18.0 Å². The summed E-state index contributed by atoms with van der Waals surface area (Å²) in [6.07, 6.45) is 2.06. The number of nitrogens with one attached hydrogen (secondary N) is 1. The number of hydrogen-bond acceptors (Lipinski definition) is 5. The van der Waals surface area contributed by atoms with E-state index in [2.05, 4.69) is 5.32 Å². The van der Waals surface area contributed by atoms with Gasteiger partial charge in [-0.1, -0.05) is 43.3 Å². The molecule has 2 amide bonds. The molecule has 0 aliphatic rings. The molecule has 29 heavy (non-hydrogen) atoms. The van der Waals surface area contributed by atoms with Gasteiger partial charge in [0.1, 0.15) is 11.9 Å². The molecule has 0 radical (unpaired) electrons. The number of allylic oxidation sites excluding steroid dienone is 1. The van der Waals surface area contributed by atoms with Crippen LogP contribution in [0, 0.1) is 5.92 Å².